The number of aryl methyl sites for hydroxylation is 1. The molecule has 0 aliphatic carbocycles. The Morgan fingerprint density at radius 3 is 2.52 bits per heavy atom. The minimum atomic E-state index is 0.0622. The van der Waals surface area contributed by atoms with Crippen molar-refractivity contribution in [3.63, 3.8) is 0 Å². The first-order valence-electron chi connectivity index (χ1n) is 8.08. The maximum absolute atomic E-state index is 11.3. The van der Waals surface area contributed by atoms with Crippen molar-refractivity contribution < 1.29 is 9.53 Å². The van der Waals surface area contributed by atoms with E-state index in [1.54, 1.807) is 19.1 Å². The Morgan fingerprint density at radius 2 is 1.87 bits per heavy atom. The van der Waals surface area contributed by atoms with Gasteiger partial charge < -0.3 is 9.64 Å². The first-order chi connectivity index (χ1) is 11.1. The van der Waals surface area contributed by atoms with Crippen molar-refractivity contribution in [3.8, 4) is 5.75 Å². The average molecular weight is 310 g/mol. The van der Waals surface area contributed by atoms with Gasteiger partial charge in [0.15, 0.2) is 5.78 Å². The lowest BCUT2D eigenvalue weighted by molar-refractivity contribution is 0.101. The van der Waals surface area contributed by atoms with Crippen molar-refractivity contribution in [1.29, 1.82) is 0 Å². The molecule has 4 nitrogen and oxygen atoms in total. The summed E-state index contributed by atoms with van der Waals surface area (Å²) in [6, 6.07) is 11.5. The summed E-state index contributed by atoms with van der Waals surface area (Å²) in [5.74, 6) is 0.813. The molecule has 0 amide bonds. The largest absolute Gasteiger partial charge is 0.487 e. The molecule has 1 aromatic heterocycles. The van der Waals surface area contributed by atoms with Gasteiger partial charge in [0.1, 0.15) is 12.4 Å². The van der Waals surface area contributed by atoms with E-state index in [0.717, 1.165) is 30.2 Å². The van der Waals surface area contributed by atoms with Gasteiger partial charge in [0, 0.05) is 30.0 Å². The van der Waals surface area contributed by atoms with Gasteiger partial charge in [-0.3, -0.25) is 9.78 Å². The lowest BCUT2D eigenvalue weighted by Crippen LogP contribution is -2.18. The zero-order valence-electron chi connectivity index (χ0n) is 13.7. The SMILES string of the molecule is CC(=O)c1ccc(OCc2cc(N3CCCC3)cc(C)n2)cc1. The monoisotopic (exact) mass is 310 g/mol. The molecule has 0 saturated carbocycles. The number of Topliss-reactive ketones (excluding diaryl/α,β-unsaturated/α-hetero) is 1. The number of aromatic nitrogens is 1. The molecule has 1 fully saturated rings. The van der Waals surface area contributed by atoms with Crippen LogP contribution in [-0.2, 0) is 6.61 Å². The van der Waals surface area contributed by atoms with E-state index in [0.29, 0.717) is 12.2 Å². The van der Waals surface area contributed by atoms with Gasteiger partial charge in [-0.15, -0.1) is 0 Å². The summed E-state index contributed by atoms with van der Waals surface area (Å²) in [6.45, 7) is 6.26. The zero-order chi connectivity index (χ0) is 16.2. The number of benzene rings is 1. The molecule has 3 rings (SSSR count). The summed E-state index contributed by atoms with van der Waals surface area (Å²) in [7, 11) is 0. The fraction of sp³-hybridized carbons (Fsp3) is 0.368. The van der Waals surface area contributed by atoms with Crippen LogP contribution in [0.5, 0.6) is 5.75 Å². The fourth-order valence-electron chi connectivity index (χ4n) is 2.89. The van der Waals surface area contributed by atoms with Crippen LogP contribution in [0.15, 0.2) is 36.4 Å². The number of anilines is 1. The Hall–Kier alpha value is -2.36. The lowest BCUT2D eigenvalue weighted by atomic mass is 10.1. The summed E-state index contributed by atoms with van der Waals surface area (Å²) < 4.78 is 5.81. The number of ether oxygens (including phenoxy) is 1. The quantitative estimate of drug-likeness (QED) is 0.788. The van der Waals surface area contributed by atoms with E-state index in [1.165, 1.54) is 18.5 Å². The third-order valence-corrected chi connectivity index (χ3v) is 4.11. The zero-order valence-corrected chi connectivity index (χ0v) is 13.7. The van der Waals surface area contributed by atoms with Gasteiger partial charge >= 0.3 is 0 Å². The number of carbonyl (C=O) groups is 1. The number of ketones is 1. The topological polar surface area (TPSA) is 42.4 Å². The maximum Gasteiger partial charge on any atom is 0.159 e. The van der Waals surface area contributed by atoms with Crippen LogP contribution >= 0.6 is 0 Å². The van der Waals surface area contributed by atoms with E-state index in [-0.39, 0.29) is 5.78 Å². The molecule has 1 saturated heterocycles. The van der Waals surface area contributed by atoms with E-state index in [4.69, 9.17) is 4.74 Å². The molecule has 4 heteroatoms. The number of hydrogen-bond donors (Lipinski definition) is 0. The van der Waals surface area contributed by atoms with Crippen LogP contribution in [0.2, 0.25) is 0 Å². The van der Waals surface area contributed by atoms with Crippen molar-refractivity contribution in [3.05, 3.63) is 53.3 Å². The highest BCUT2D eigenvalue weighted by Gasteiger charge is 2.13. The molecule has 0 N–H and O–H groups in total. The summed E-state index contributed by atoms with van der Waals surface area (Å²) in [5, 5.41) is 0. The number of nitrogens with zero attached hydrogens (tertiary/aromatic N) is 2. The molecule has 1 aliphatic rings. The van der Waals surface area contributed by atoms with E-state index >= 15 is 0 Å². The van der Waals surface area contributed by atoms with Crippen LogP contribution in [0.25, 0.3) is 0 Å². The highest BCUT2D eigenvalue weighted by Crippen LogP contribution is 2.22. The highest BCUT2D eigenvalue weighted by molar-refractivity contribution is 5.94. The minimum absolute atomic E-state index is 0.0622. The van der Waals surface area contributed by atoms with E-state index in [9.17, 15) is 4.79 Å². The standard InChI is InChI=1S/C19H22N2O2/c1-14-11-18(21-9-3-4-10-21)12-17(20-14)13-23-19-7-5-16(6-8-19)15(2)22/h5-8,11-12H,3-4,9-10,13H2,1-2H3. The second-order valence-corrected chi connectivity index (χ2v) is 6.02. The summed E-state index contributed by atoms with van der Waals surface area (Å²) >= 11 is 0. The molecule has 1 aromatic carbocycles. The smallest absolute Gasteiger partial charge is 0.159 e. The third-order valence-electron chi connectivity index (χ3n) is 4.11. The van der Waals surface area contributed by atoms with Crippen LogP contribution < -0.4 is 9.64 Å². The van der Waals surface area contributed by atoms with Crippen molar-refractivity contribution >= 4 is 11.5 Å². The van der Waals surface area contributed by atoms with Gasteiger partial charge in [0.25, 0.3) is 0 Å². The first kappa shape index (κ1) is 15.5. The molecule has 0 spiro atoms. The van der Waals surface area contributed by atoms with Crippen LogP contribution in [0.3, 0.4) is 0 Å². The normalized spacial score (nSPS) is 14.1. The molecule has 23 heavy (non-hydrogen) atoms. The van der Waals surface area contributed by atoms with Gasteiger partial charge in [0.05, 0.1) is 5.69 Å². The van der Waals surface area contributed by atoms with Crippen LogP contribution in [0, 0.1) is 6.92 Å². The van der Waals surface area contributed by atoms with Crippen molar-refractivity contribution in [2.45, 2.75) is 33.3 Å². The Kier molecular flexibility index (Phi) is 4.60. The summed E-state index contributed by atoms with van der Waals surface area (Å²) in [5.41, 5.74) is 3.88. The lowest BCUT2D eigenvalue weighted by Gasteiger charge is -2.19. The highest BCUT2D eigenvalue weighted by atomic mass is 16.5. The molecule has 0 bridgehead atoms. The maximum atomic E-state index is 11.3. The van der Waals surface area contributed by atoms with Gasteiger partial charge in [-0.1, -0.05) is 0 Å². The van der Waals surface area contributed by atoms with E-state index in [2.05, 4.69) is 22.0 Å². The molecule has 0 radical (unpaired) electrons. The minimum Gasteiger partial charge on any atom is -0.487 e. The predicted molar refractivity (Wildman–Crippen MR) is 91.2 cm³/mol. The molecule has 0 unspecified atom stereocenters. The van der Waals surface area contributed by atoms with Crippen molar-refractivity contribution in [2.24, 2.45) is 0 Å². The molecular formula is C19H22N2O2. The Bertz CT molecular complexity index is 689. The van der Waals surface area contributed by atoms with E-state index in [1.807, 2.05) is 19.1 Å². The summed E-state index contributed by atoms with van der Waals surface area (Å²) in [6.07, 6.45) is 2.52. The second kappa shape index (κ2) is 6.82. The Labute approximate surface area is 137 Å². The van der Waals surface area contributed by atoms with Gasteiger partial charge in [0.2, 0.25) is 0 Å². The molecule has 2 aromatic rings. The van der Waals surface area contributed by atoms with Crippen LogP contribution in [0.4, 0.5) is 5.69 Å². The van der Waals surface area contributed by atoms with Crippen LogP contribution in [-0.4, -0.2) is 23.9 Å². The second-order valence-electron chi connectivity index (χ2n) is 6.02. The van der Waals surface area contributed by atoms with Gasteiger partial charge in [-0.25, -0.2) is 0 Å². The average Bonchev–Trinajstić information content (AvgIpc) is 3.07. The molecular weight excluding hydrogens is 288 g/mol. The Balaban J connectivity index is 1.68. The first-order valence-corrected chi connectivity index (χ1v) is 8.08. The molecule has 1 aliphatic heterocycles. The molecule has 2 heterocycles. The van der Waals surface area contributed by atoms with Gasteiger partial charge in [-0.2, -0.15) is 0 Å². The van der Waals surface area contributed by atoms with Crippen molar-refractivity contribution in [1.82, 2.24) is 4.98 Å². The third kappa shape index (κ3) is 3.89. The number of rotatable bonds is 5. The molecule has 0 atom stereocenters. The van der Waals surface area contributed by atoms with Gasteiger partial charge in [-0.05, 0) is 63.1 Å². The van der Waals surface area contributed by atoms with E-state index < -0.39 is 0 Å². The molecule has 120 valence electrons. The van der Waals surface area contributed by atoms with Crippen LogP contribution in [0.1, 0.15) is 41.5 Å². The Morgan fingerprint density at radius 1 is 1.17 bits per heavy atom. The number of carbonyl (C=O) groups excluding carboxylic acids is 1. The van der Waals surface area contributed by atoms with Crippen molar-refractivity contribution in [2.75, 3.05) is 18.0 Å². The number of hydrogen-bond acceptors (Lipinski definition) is 4. The predicted octanol–water partition coefficient (Wildman–Crippen LogP) is 3.77. The number of pyridine rings is 1. The fourth-order valence-corrected chi connectivity index (χ4v) is 2.89. The summed E-state index contributed by atoms with van der Waals surface area (Å²) in [4.78, 5) is 18.2.